The van der Waals surface area contributed by atoms with Crippen molar-refractivity contribution in [1.29, 1.82) is 0 Å². The number of hydrogen-bond acceptors (Lipinski definition) is 4. The minimum atomic E-state index is 0.109. The summed E-state index contributed by atoms with van der Waals surface area (Å²) in [6.07, 6.45) is 6.66. The Morgan fingerprint density at radius 2 is 2.36 bits per heavy atom. The van der Waals surface area contributed by atoms with Crippen molar-refractivity contribution in [2.75, 3.05) is 0 Å². The quantitative estimate of drug-likeness (QED) is 0.395. The summed E-state index contributed by atoms with van der Waals surface area (Å²) in [4.78, 5) is 11.4. The predicted octanol–water partition coefficient (Wildman–Crippen LogP) is 2.86. The van der Waals surface area contributed by atoms with Gasteiger partial charge in [-0.3, -0.25) is 4.79 Å². The Kier molecular flexibility index (Phi) is 5.07. The summed E-state index contributed by atoms with van der Waals surface area (Å²) >= 11 is 1.22. The molecule has 1 aromatic rings. The van der Waals surface area contributed by atoms with E-state index in [1.54, 1.807) is 5.38 Å². The third-order valence-electron chi connectivity index (χ3n) is 1.96. The molecule has 14 heavy (non-hydrogen) atoms. The van der Waals surface area contributed by atoms with E-state index in [9.17, 15) is 4.79 Å². The van der Waals surface area contributed by atoms with E-state index in [0.29, 0.717) is 12.1 Å². The van der Waals surface area contributed by atoms with Crippen LogP contribution >= 0.6 is 11.5 Å². The fraction of sp³-hybridized carbons (Fsp3) is 0.500. The lowest BCUT2D eigenvalue weighted by atomic mass is 10.1. The lowest BCUT2D eigenvalue weighted by Gasteiger charge is -1.96. The highest BCUT2D eigenvalue weighted by atomic mass is 32.1. The van der Waals surface area contributed by atoms with Gasteiger partial charge in [0.2, 0.25) is 0 Å². The molecule has 0 aromatic carbocycles. The van der Waals surface area contributed by atoms with Crippen LogP contribution in [0.3, 0.4) is 0 Å². The number of rotatable bonds is 7. The van der Waals surface area contributed by atoms with Crippen LogP contribution in [0.1, 0.15) is 42.6 Å². The molecule has 0 N–H and O–H groups in total. The monoisotopic (exact) mass is 210 g/mol. The van der Waals surface area contributed by atoms with Gasteiger partial charge in [0.1, 0.15) is 5.69 Å². The number of allylic oxidation sites excluding steroid dienone is 1. The smallest absolute Gasteiger partial charge is 0.183 e. The number of carbonyl (C=O) groups is 1. The van der Waals surface area contributed by atoms with Crippen molar-refractivity contribution >= 4 is 17.3 Å². The molecule has 0 unspecified atom stereocenters. The average molecular weight is 210 g/mol. The number of ketones is 1. The molecular formula is C10H14N2OS. The number of unbranched alkanes of at least 4 members (excludes halogenated alkanes) is 3. The molecule has 0 aliphatic carbocycles. The van der Waals surface area contributed by atoms with Crippen molar-refractivity contribution in [1.82, 2.24) is 9.59 Å². The second kappa shape index (κ2) is 6.43. The third kappa shape index (κ3) is 3.79. The van der Waals surface area contributed by atoms with E-state index in [1.165, 1.54) is 11.5 Å². The molecular weight excluding hydrogens is 196 g/mol. The standard InChI is InChI=1S/C10H14N2OS/c1-2-3-4-5-6-7-10(13)9-8-14-12-11-9/h2,8H,1,3-7H2. The predicted molar refractivity (Wildman–Crippen MR) is 57.5 cm³/mol. The Labute approximate surface area is 88.0 Å². The molecule has 0 spiro atoms. The van der Waals surface area contributed by atoms with Crippen LogP contribution in [0.15, 0.2) is 18.0 Å². The van der Waals surface area contributed by atoms with Gasteiger partial charge in [-0.05, 0) is 30.8 Å². The van der Waals surface area contributed by atoms with E-state index in [-0.39, 0.29) is 5.78 Å². The van der Waals surface area contributed by atoms with Crippen molar-refractivity contribution in [2.45, 2.75) is 32.1 Å². The van der Waals surface area contributed by atoms with Gasteiger partial charge in [0.25, 0.3) is 0 Å². The zero-order valence-electron chi connectivity index (χ0n) is 8.11. The molecule has 1 heterocycles. The topological polar surface area (TPSA) is 42.9 Å². The Bertz CT molecular complexity index is 282. The minimum absolute atomic E-state index is 0.109. The van der Waals surface area contributed by atoms with Gasteiger partial charge in [-0.15, -0.1) is 11.7 Å². The van der Waals surface area contributed by atoms with Crippen molar-refractivity contribution in [3.8, 4) is 0 Å². The van der Waals surface area contributed by atoms with Gasteiger partial charge in [0.15, 0.2) is 5.78 Å². The van der Waals surface area contributed by atoms with Gasteiger partial charge < -0.3 is 0 Å². The van der Waals surface area contributed by atoms with Crippen molar-refractivity contribution in [2.24, 2.45) is 0 Å². The lowest BCUT2D eigenvalue weighted by Crippen LogP contribution is -1.99. The highest BCUT2D eigenvalue weighted by molar-refractivity contribution is 7.03. The van der Waals surface area contributed by atoms with E-state index in [4.69, 9.17) is 0 Å². The van der Waals surface area contributed by atoms with Crippen LogP contribution in [0.25, 0.3) is 0 Å². The zero-order valence-corrected chi connectivity index (χ0v) is 8.92. The third-order valence-corrected chi connectivity index (χ3v) is 2.46. The molecule has 0 atom stereocenters. The van der Waals surface area contributed by atoms with Crippen LogP contribution in [-0.2, 0) is 0 Å². The maximum atomic E-state index is 11.4. The summed E-state index contributed by atoms with van der Waals surface area (Å²) in [5.74, 6) is 0.109. The van der Waals surface area contributed by atoms with Gasteiger partial charge in [-0.2, -0.15) is 0 Å². The van der Waals surface area contributed by atoms with Gasteiger partial charge in [-0.1, -0.05) is 17.0 Å². The summed E-state index contributed by atoms with van der Waals surface area (Å²) in [5, 5.41) is 5.43. The first-order valence-electron chi connectivity index (χ1n) is 4.75. The number of aromatic nitrogens is 2. The largest absolute Gasteiger partial charge is 0.292 e. The Morgan fingerprint density at radius 1 is 1.50 bits per heavy atom. The summed E-state index contributed by atoms with van der Waals surface area (Å²) in [7, 11) is 0. The molecule has 0 fully saturated rings. The highest BCUT2D eigenvalue weighted by Crippen LogP contribution is 2.08. The van der Waals surface area contributed by atoms with Crippen molar-refractivity contribution in [3.63, 3.8) is 0 Å². The van der Waals surface area contributed by atoms with Crippen LogP contribution in [0.5, 0.6) is 0 Å². The van der Waals surface area contributed by atoms with Crippen LogP contribution in [0, 0.1) is 0 Å². The van der Waals surface area contributed by atoms with E-state index < -0.39 is 0 Å². The molecule has 0 radical (unpaired) electrons. The van der Waals surface area contributed by atoms with Crippen molar-refractivity contribution in [3.05, 3.63) is 23.7 Å². The minimum Gasteiger partial charge on any atom is -0.292 e. The average Bonchev–Trinajstić information content (AvgIpc) is 2.70. The van der Waals surface area contributed by atoms with Gasteiger partial charge in [0, 0.05) is 11.8 Å². The maximum Gasteiger partial charge on any atom is 0.183 e. The van der Waals surface area contributed by atoms with Crippen LogP contribution in [-0.4, -0.2) is 15.4 Å². The van der Waals surface area contributed by atoms with Crippen LogP contribution in [0.4, 0.5) is 0 Å². The normalized spacial score (nSPS) is 10.0. The molecule has 0 saturated carbocycles. The summed E-state index contributed by atoms with van der Waals surface area (Å²) < 4.78 is 3.66. The first kappa shape index (κ1) is 11.0. The van der Waals surface area contributed by atoms with Crippen LogP contribution in [0.2, 0.25) is 0 Å². The first-order valence-corrected chi connectivity index (χ1v) is 5.59. The second-order valence-electron chi connectivity index (χ2n) is 3.10. The van der Waals surface area contributed by atoms with E-state index >= 15 is 0 Å². The summed E-state index contributed by atoms with van der Waals surface area (Å²) in [5.41, 5.74) is 0.513. The van der Waals surface area contributed by atoms with Gasteiger partial charge >= 0.3 is 0 Å². The van der Waals surface area contributed by atoms with Crippen molar-refractivity contribution < 1.29 is 4.79 Å². The van der Waals surface area contributed by atoms with E-state index in [2.05, 4.69) is 16.2 Å². The Morgan fingerprint density at radius 3 is 3.00 bits per heavy atom. The number of nitrogens with zero attached hydrogens (tertiary/aromatic N) is 2. The van der Waals surface area contributed by atoms with E-state index in [1.807, 2.05) is 6.08 Å². The molecule has 3 nitrogen and oxygen atoms in total. The SMILES string of the molecule is C=CCCCCCC(=O)c1csnn1. The van der Waals surface area contributed by atoms with Crippen LogP contribution < -0.4 is 0 Å². The summed E-state index contributed by atoms with van der Waals surface area (Å²) in [6, 6.07) is 0. The molecule has 4 heteroatoms. The number of Topliss-reactive ketones (excluding diaryl/α,β-unsaturated/α-hetero) is 1. The second-order valence-corrected chi connectivity index (χ2v) is 3.71. The Balaban J connectivity index is 2.13. The molecule has 0 amide bonds. The molecule has 0 bridgehead atoms. The zero-order chi connectivity index (χ0) is 10.2. The first-order chi connectivity index (χ1) is 6.84. The van der Waals surface area contributed by atoms with E-state index in [0.717, 1.165) is 25.7 Å². The van der Waals surface area contributed by atoms with Gasteiger partial charge in [-0.25, -0.2) is 0 Å². The molecule has 0 saturated heterocycles. The lowest BCUT2D eigenvalue weighted by molar-refractivity contribution is 0.0974. The Hall–Kier alpha value is -1.03. The number of hydrogen-bond donors (Lipinski definition) is 0. The molecule has 0 aliphatic heterocycles. The fourth-order valence-electron chi connectivity index (χ4n) is 1.17. The fourth-order valence-corrected chi connectivity index (χ4v) is 1.63. The molecule has 1 rings (SSSR count). The summed E-state index contributed by atoms with van der Waals surface area (Å²) in [6.45, 7) is 3.65. The highest BCUT2D eigenvalue weighted by Gasteiger charge is 2.07. The molecule has 0 aliphatic rings. The van der Waals surface area contributed by atoms with Gasteiger partial charge in [0.05, 0.1) is 0 Å². The molecule has 76 valence electrons. The number of carbonyl (C=O) groups excluding carboxylic acids is 1. The maximum absolute atomic E-state index is 11.4. The molecule has 1 aromatic heterocycles.